The molecule has 0 aliphatic heterocycles. The Labute approximate surface area is 176 Å². The van der Waals surface area contributed by atoms with Gasteiger partial charge in [-0.2, -0.15) is 41.5 Å². The number of hydrogen-bond donors (Lipinski definition) is 2. The van der Waals surface area contributed by atoms with Gasteiger partial charge in [0.15, 0.2) is 0 Å². The number of rotatable bonds is 5. The standard InChI is InChI=1S/C17H17ClN3.C5H5.Fe/c1-19-10-12-3-2-4-13(12)11-21-16-7-8-20-17-9-14(18)5-6-15(16)17;1-2-4-5-3-1;/h2-9,19H,10-11H2,1H3,(H,20,21);1-5H;/q2*-1;+2. The fourth-order valence-electron chi connectivity index (χ4n) is 2.82. The van der Waals surface area contributed by atoms with Gasteiger partial charge in [0.05, 0.1) is 5.52 Å². The fraction of sp³-hybridized carbons (Fsp3) is 0.136. The van der Waals surface area contributed by atoms with E-state index in [0.717, 1.165) is 29.7 Å². The molecule has 1 aromatic heterocycles. The van der Waals surface area contributed by atoms with Crippen molar-refractivity contribution in [3.63, 3.8) is 0 Å². The molecular formula is C22H22ClFeN3. The smallest absolute Gasteiger partial charge is 0.393 e. The molecule has 0 radical (unpaired) electrons. The molecule has 4 aromatic rings. The van der Waals surface area contributed by atoms with Gasteiger partial charge in [-0.3, -0.25) is 4.98 Å². The van der Waals surface area contributed by atoms with Crippen LogP contribution in [0.4, 0.5) is 5.69 Å². The van der Waals surface area contributed by atoms with Crippen molar-refractivity contribution in [2.45, 2.75) is 13.1 Å². The second-order valence-corrected chi connectivity index (χ2v) is 6.38. The Morgan fingerprint density at radius 3 is 2.56 bits per heavy atom. The molecule has 4 rings (SSSR count). The van der Waals surface area contributed by atoms with Crippen LogP contribution >= 0.6 is 11.6 Å². The topological polar surface area (TPSA) is 37.0 Å². The first-order valence-electron chi connectivity index (χ1n) is 8.61. The number of fused-ring (bicyclic) bond motifs is 1. The van der Waals surface area contributed by atoms with E-state index in [1.54, 1.807) is 6.20 Å². The summed E-state index contributed by atoms with van der Waals surface area (Å²) in [5.41, 5.74) is 4.62. The van der Waals surface area contributed by atoms with Gasteiger partial charge >= 0.3 is 17.1 Å². The van der Waals surface area contributed by atoms with Crippen molar-refractivity contribution >= 4 is 28.2 Å². The minimum absolute atomic E-state index is 0. The number of aromatic nitrogens is 1. The van der Waals surface area contributed by atoms with Gasteiger partial charge in [0, 0.05) is 22.3 Å². The molecule has 3 nitrogen and oxygen atoms in total. The van der Waals surface area contributed by atoms with Crippen LogP contribution in [0, 0.1) is 0 Å². The Hall–Kier alpha value is -2.10. The predicted octanol–water partition coefficient (Wildman–Crippen LogP) is 5.34. The van der Waals surface area contributed by atoms with E-state index in [9.17, 15) is 0 Å². The van der Waals surface area contributed by atoms with Crippen molar-refractivity contribution in [3.05, 3.63) is 95.1 Å². The molecule has 0 saturated carbocycles. The summed E-state index contributed by atoms with van der Waals surface area (Å²) in [6, 6.07) is 24.2. The normalized spacial score (nSPS) is 10.0. The maximum atomic E-state index is 6.02. The number of hydrogen-bond acceptors (Lipinski definition) is 3. The summed E-state index contributed by atoms with van der Waals surface area (Å²) in [5, 5.41) is 8.48. The maximum absolute atomic E-state index is 6.02. The van der Waals surface area contributed by atoms with E-state index in [4.69, 9.17) is 11.6 Å². The molecular weight excluding hydrogens is 398 g/mol. The van der Waals surface area contributed by atoms with Gasteiger partial charge in [-0.15, -0.1) is 0 Å². The zero-order valence-electron chi connectivity index (χ0n) is 15.1. The van der Waals surface area contributed by atoms with Gasteiger partial charge in [0.25, 0.3) is 0 Å². The second kappa shape index (κ2) is 10.9. The Kier molecular flexibility index (Phi) is 8.56. The van der Waals surface area contributed by atoms with Crippen molar-refractivity contribution in [3.8, 4) is 0 Å². The van der Waals surface area contributed by atoms with E-state index >= 15 is 0 Å². The van der Waals surface area contributed by atoms with Crippen molar-refractivity contribution in [2.75, 3.05) is 12.4 Å². The zero-order chi connectivity index (χ0) is 18.2. The Balaban J connectivity index is 0.000000379. The molecule has 0 spiro atoms. The van der Waals surface area contributed by atoms with E-state index < -0.39 is 0 Å². The van der Waals surface area contributed by atoms with Crippen LogP contribution in [0.5, 0.6) is 0 Å². The third kappa shape index (κ3) is 5.95. The van der Waals surface area contributed by atoms with Crippen LogP contribution < -0.4 is 10.6 Å². The van der Waals surface area contributed by atoms with Crippen LogP contribution in [0.15, 0.2) is 79.0 Å². The number of nitrogens with zero attached hydrogens (tertiary/aromatic N) is 1. The zero-order valence-corrected chi connectivity index (χ0v) is 17.0. The van der Waals surface area contributed by atoms with E-state index in [1.165, 1.54) is 11.1 Å². The molecule has 0 bridgehead atoms. The van der Waals surface area contributed by atoms with Crippen LogP contribution in [0.2, 0.25) is 5.02 Å². The number of benzene rings is 1. The molecule has 140 valence electrons. The average molecular weight is 420 g/mol. The monoisotopic (exact) mass is 419 g/mol. The molecule has 2 N–H and O–H groups in total. The van der Waals surface area contributed by atoms with Crippen LogP contribution in [-0.4, -0.2) is 12.0 Å². The summed E-state index contributed by atoms with van der Waals surface area (Å²) in [7, 11) is 1.96. The van der Waals surface area contributed by atoms with E-state index in [0.29, 0.717) is 5.02 Å². The van der Waals surface area contributed by atoms with Crippen LogP contribution in [0.25, 0.3) is 10.9 Å². The summed E-state index contributed by atoms with van der Waals surface area (Å²) in [4.78, 5) is 4.36. The minimum atomic E-state index is 0. The Morgan fingerprint density at radius 1 is 1.04 bits per heavy atom. The van der Waals surface area contributed by atoms with Gasteiger partial charge in [0.1, 0.15) is 0 Å². The molecule has 1 heterocycles. The van der Waals surface area contributed by atoms with Crippen molar-refractivity contribution < 1.29 is 17.1 Å². The largest absolute Gasteiger partial charge is 2.00 e. The first-order chi connectivity index (χ1) is 12.8. The third-order valence-corrected chi connectivity index (χ3v) is 4.34. The molecule has 0 saturated heterocycles. The number of pyridine rings is 1. The van der Waals surface area contributed by atoms with Gasteiger partial charge < -0.3 is 10.6 Å². The van der Waals surface area contributed by atoms with Crippen LogP contribution in [0.3, 0.4) is 0 Å². The molecule has 0 amide bonds. The molecule has 0 aliphatic carbocycles. The Morgan fingerprint density at radius 2 is 1.85 bits per heavy atom. The van der Waals surface area contributed by atoms with Gasteiger partial charge in [-0.25, -0.2) is 18.2 Å². The molecule has 5 heteroatoms. The van der Waals surface area contributed by atoms with Crippen molar-refractivity contribution in [1.82, 2.24) is 10.3 Å². The maximum Gasteiger partial charge on any atom is 2.00 e. The first kappa shape index (κ1) is 21.2. The number of nitrogens with one attached hydrogen (secondary N) is 2. The molecule has 0 fully saturated rings. The van der Waals surface area contributed by atoms with E-state index in [-0.39, 0.29) is 17.1 Å². The van der Waals surface area contributed by atoms with Crippen molar-refractivity contribution in [1.29, 1.82) is 0 Å². The minimum Gasteiger partial charge on any atom is -0.393 e. The molecule has 27 heavy (non-hydrogen) atoms. The first-order valence-corrected chi connectivity index (χ1v) is 8.98. The van der Waals surface area contributed by atoms with Gasteiger partial charge in [-0.1, -0.05) is 11.6 Å². The average Bonchev–Trinajstić information content (AvgIpc) is 3.35. The Bertz CT molecular complexity index is 915. The quantitative estimate of drug-likeness (QED) is 0.338. The van der Waals surface area contributed by atoms with Gasteiger partial charge in [0.2, 0.25) is 0 Å². The summed E-state index contributed by atoms with van der Waals surface area (Å²) in [6.45, 7) is 1.68. The molecule has 3 aromatic carbocycles. The van der Waals surface area contributed by atoms with E-state index in [2.05, 4.69) is 33.8 Å². The fourth-order valence-corrected chi connectivity index (χ4v) is 2.98. The summed E-state index contributed by atoms with van der Waals surface area (Å²) in [5.74, 6) is 0. The summed E-state index contributed by atoms with van der Waals surface area (Å²) in [6.07, 6.45) is 1.81. The van der Waals surface area contributed by atoms with Crippen LogP contribution in [-0.2, 0) is 30.2 Å². The van der Waals surface area contributed by atoms with Crippen molar-refractivity contribution in [2.24, 2.45) is 0 Å². The third-order valence-electron chi connectivity index (χ3n) is 4.10. The SMILES string of the molecule is CNCc1[cH-]ccc1CNc1ccnc2cc(Cl)ccc12.[Fe+2].c1cc[cH-]c1. The number of anilines is 1. The molecule has 0 aliphatic rings. The predicted molar refractivity (Wildman–Crippen MR) is 111 cm³/mol. The molecule has 0 atom stereocenters. The molecule has 0 unspecified atom stereocenters. The number of halogens is 1. The summed E-state index contributed by atoms with van der Waals surface area (Å²) >= 11 is 6.02. The van der Waals surface area contributed by atoms with E-state index in [1.807, 2.05) is 61.6 Å². The second-order valence-electron chi connectivity index (χ2n) is 5.94. The van der Waals surface area contributed by atoms with Gasteiger partial charge in [-0.05, 0) is 44.4 Å². The summed E-state index contributed by atoms with van der Waals surface area (Å²) < 4.78 is 0. The van der Waals surface area contributed by atoms with Crippen LogP contribution in [0.1, 0.15) is 11.1 Å².